The lowest BCUT2D eigenvalue weighted by molar-refractivity contribution is 0.109. The van der Waals surface area contributed by atoms with Gasteiger partial charge in [-0.1, -0.05) is 6.07 Å². The van der Waals surface area contributed by atoms with Crippen LogP contribution in [0.25, 0.3) is 27.7 Å². The summed E-state index contributed by atoms with van der Waals surface area (Å²) in [7, 11) is -3.42. The fraction of sp³-hybridized carbons (Fsp3) is 0.462. The van der Waals surface area contributed by atoms with Gasteiger partial charge in [-0.2, -0.15) is 0 Å². The number of thiophene rings is 1. The average molecular weight is 559 g/mol. The van der Waals surface area contributed by atoms with Crippen LogP contribution in [0.3, 0.4) is 0 Å². The maximum atomic E-state index is 12.3. The monoisotopic (exact) mass is 558 g/mol. The Bertz CT molecular complexity index is 1410. The summed E-state index contributed by atoms with van der Waals surface area (Å²) in [5.41, 5.74) is 7.93. The van der Waals surface area contributed by atoms with Crippen molar-refractivity contribution in [3.05, 3.63) is 40.9 Å². The predicted octanol–water partition coefficient (Wildman–Crippen LogP) is 1.64. The number of aliphatic hydroxyl groups is 1. The summed E-state index contributed by atoms with van der Waals surface area (Å²) < 4.78 is 31.3. The SMILES string of the molecule is CS(=O)(=O)c1ccc(/C=C\N)c(-c2nc(N3CCOCC3)c3sc(CN4CCN(CCO)CC4)cc3n2)c1. The Hall–Kier alpha value is -2.61. The van der Waals surface area contributed by atoms with E-state index < -0.39 is 9.84 Å². The molecule has 12 heteroatoms. The van der Waals surface area contributed by atoms with Gasteiger partial charge in [0, 0.05) is 69.1 Å². The van der Waals surface area contributed by atoms with Crippen molar-refractivity contribution in [2.45, 2.75) is 11.4 Å². The molecule has 2 aromatic heterocycles. The number of nitrogens with zero attached hydrogens (tertiary/aromatic N) is 5. The molecule has 2 saturated heterocycles. The number of sulfone groups is 1. The molecule has 4 heterocycles. The number of anilines is 1. The number of β-amino-alcohol motifs (C(OH)–C–C–N with tert-alkyl or cyclic N) is 1. The third kappa shape index (κ3) is 6.00. The van der Waals surface area contributed by atoms with Crippen molar-refractivity contribution >= 4 is 43.3 Å². The van der Waals surface area contributed by atoms with Crippen LogP contribution in [0.1, 0.15) is 10.4 Å². The van der Waals surface area contributed by atoms with Gasteiger partial charge in [0.15, 0.2) is 21.5 Å². The molecule has 2 fully saturated rings. The van der Waals surface area contributed by atoms with E-state index >= 15 is 0 Å². The van der Waals surface area contributed by atoms with E-state index in [0.29, 0.717) is 24.6 Å². The van der Waals surface area contributed by atoms with Gasteiger partial charge in [0.1, 0.15) is 0 Å². The Morgan fingerprint density at radius 3 is 2.50 bits per heavy atom. The molecule has 0 aliphatic carbocycles. The normalized spacial score (nSPS) is 18.1. The number of nitrogens with two attached hydrogens (primary N) is 1. The Morgan fingerprint density at radius 2 is 1.82 bits per heavy atom. The van der Waals surface area contributed by atoms with Crippen molar-refractivity contribution in [2.75, 3.05) is 76.8 Å². The first-order valence-corrected chi connectivity index (χ1v) is 15.5. The third-order valence-electron chi connectivity index (χ3n) is 6.95. The second-order valence-electron chi connectivity index (χ2n) is 9.62. The highest BCUT2D eigenvalue weighted by Gasteiger charge is 2.23. The molecule has 1 aromatic carbocycles. The van der Waals surface area contributed by atoms with Crippen LogP contribution in [0, 0.1) is 0 Å². The molecule has 2 aliphatic heterocycles. The number of rotatable bonds is 8. The van der Waals surface area contributed by atoms with Crippen LogP contribution in [0.2, 0.25) is 0 Å². The molecule has 204 valence electrons. The minimum Gasteiger partial charge on any atom is -0.405 e. The standard InChI is InChI=1S/C26H34N6O4S2/c1-38(34,35)21-3-2-19(4-5-27)22(17-21)25-28-23-16-20(18-31-8-6-30(7-9-31)10-13-33)37-24(23)26(29-25)32-11-14-36-15-12-32/h2-5,16-17,33H,6-15,18,27H2,1H3/b5-4-. The molecule has 0 unspecified atom stereocenters. The summed E-state index contributed by atoms with van der Waals surface area (Å²) in [6.45, 7) is 8.25. The maximum absolute atomic E-state index is 12.3. The third-order valence-corrected chi connectivity index (χ3v) is 9.16. The Balaban J connectivity index is 1.55. The van der Waals surface area contributed by atoms with E-state index in [4.69, 9.17) is 20.4 Å². The quantitative estimate of drug-likeness (QED) is 0.421. The molecular formula is C26H34N6O4S2. The average Bonchev–Trinajstić information content (AvgIpc) is 3.32. The molecule has 38 heavy (non-hydrogen) atoms. The Kier molecular flexibility index (Phi) is 8.26. The van der Waals surface area contributed by atoms with Crippen LogP contribution in [-0.2, 0) is 21.1 Å². The summed E-state index contributed by atoms with van der Waals surface area (Å²) >= 11 is 1.72. The van der Waals surface area contributed by atoms with E-state index in [2.05, 4.69) is 20.8 Å². The molecular weight excluding hydrogens is 524 g/mol. The fourth-order valence-corrected chi connectivity index (χ4v) is 6.70. The Labute approximate surface area is 227 Å². The first-order chi connectivity index (χ1) is 18.4. The van der Waals surface area contributed by atoms with Gasteiger partial charge in [-0.05, 0) is 36.0 Å². The second kappa shape index (κ2) is 11.6. The van der Waals surface area contributed by atoms with Gasteiger partial charge in [0.2, 0.25) is 0 Å². The van der Waals surface area contributed by atoms with Crippen LogP contribution in [0.5, 0.6) is 0 Å². The van der Waals surface area contributed by atoms with Gasteiger partial charge in [0.25, 0.3) is 0 Å². The number of hydrogen-bond acceptors (Lipinski definition) is 11. The minimum atomic E-state index is -3.42. The molecule has 0 radical (unpaired) electrons. The zero-order valence-corrected chi connectivity index (χ0v) is 23.2. The van der Waals surface area contributed by atoms with Gasteiger partial charge in [-0.15, -0.1) is 11.3 Å². The van der Waals surface area contributed by atoms with Crippen LogP contribution >= 0.6 is 11.3 Å². The first-order valence-electron chi connectivity index (χ1n) is 12.8. The summed E-state index contributed by atoms with van der Waals surface area (Å²) in [4.78, 5) is 18.3. The van der Waals surface area contributed by atoms with E-state index in [1.54, 1.807) is 35.6 Å². The lowest BCUT2D eigenvalue weighted by atomic mass is 10.1. The Morgan fingerprint density at radius 1 is 1.08 bits per heavy atom. The van der Waals surface area contributed by atoms with Gasteiger partial charge < -0.3 is 20.5 Å². The van der Waals surface area contributed by atoms with Crippen molar-refractivity contribution in [3.8, 4) is 11.4 Å². The number of piperazine rings is 1. The van der Waals surface area contributed by atoms with Crippen LogP contribution in [0.15, 0.2) is 35.4 Å². The van der Waals surface area contributed by atoms with E-state index in [1.807, 2.05) is 0 Å². The summed E-state index contributed by atoms with van der Waals surface area (Å²) in [6.07, 6.45) is 4.37. The lowest BCUT2D eigenvalue weighted by Gasteiger charge is -2.34. The molecule has 0 saturated carbocycles. The maximum Gasteiger partial charge on any atom is 0.175 e. The number of ether oxygens (including phenoxy) is 1. The number of benzene rings is 1. The molecule has 0 atom stereocenters. The smallest absolute Gasteiger partial charge is 0.175 e. The molecule has 10 nitrogen and oxygen atoms in total. The lowest BCUT2D eigenvalue weighted by Crippen LogP contribution is -2.46. The molecule has 3 aromatic rings. The number of aromatic nitrogens is 2. The van der Waals surface area contributed by atoms with E-state index in [-0.39, 0.29) is 11.5 Å². The van der Waals surface area contributed by atoms with Gasteiger partial charge in [-0.25, -0.2) is 18.4 Å². The van der Waals surface area contributed by atoms with E-state index in [9.17, 15) is 13.5 Å². The summed E-state index contributed by atoms with van der Waals surface area (Å²) in [6, 6.07) is 7.09. The van der Waals surface area contributed by atoms with Crippen LogP contribution < -0.4 is 10.6 Å². The number of aliphatic hydroxyl groups excluding tert-OH is 1. The topological polar surface area (TPSA) is 125 Å². The second-order valence-corrected chi connectivity index (χ2v) is 12.8. The highest BCUT2D eigenvalue weighted by Crippen LogP contribution is 2.36. The van der Waals surface area contributed by atoms with Crippen molar-refractivity contribution in [1.82, 2.24) is 19.8 Å². The van der Waals surface area contributed by atoms with Gasteiger partial charge in [0.05, 0.1) is 34.9 Å². The number of hydrogen-bond donors (Lipinski definition) is 2. The highest BCUT2D eigenvalue weighted by atomic mass is 32.2. The summed E-state index contributed by atoms with van der Waals surface area (Å²) in [5, 5.41) is 9.22. The fourth-order valence-electron chi connectivity index (χ4n) is 4.89. The van der Waals surface area contributed by atoms with Crippen LogP contribution in [0.4, 0.5) is 5.82 Å². The molecule has 0 bridgehead atoms. The van der Waals surface area contributed by atoms with Crippen molar-refractivity contribution in [2.24, 2.45) is 5.73 Å². The van der Waals surface area contributed by atoms with Gasteiger partial charge >= 0.3 is 0 Å². The number of fused-ring (bicyclic) bond motifs is 1. The highest BCUT2D eigenvalue weighted by molar-refractivity contribution is 7.90. The zero-order valence-electron chi connectivity index (χ0n) is 21.5. The van der Waals surface area contributed by atoms with Crippen LogP contribution in [-0.4, -0.2) is 105 Å². The molecule has 5 rings (SSSR count). The first kappa shape index (κ1) is 27.0. The molecule has 2 aliphatic rings. The molecule has 0 spiro atoms. The van der Waals surface area contributed by atoms with E-state index in [0.717, 1.165) is 74.0 Å². The largest absolute Gasteiger partial charge is 0.405 e. The van der Waals surface area contributed by atoms with E-state index in [1.165, 1.54) is 17.3 Å². The minimum absolute atomic E-state index is 0.192. The van der Waals surface area contributed by atoms with Crippen molar-refractivity contribution < 1.29 is 18.3 Å². The van der Waals surface area contributed by atoms with Crippen molar-refractivity contribution in [3.63, 3.8) is 0 Å². The molecule has 0 amide bonds. The van der Waals surface area contributed by atoms with Gasteiger partial charge in [-0.3, -0.25) is 9.80 Å². The number of morpholine rings is 1. The van der Waals surface area contributed by atoms with Crippen molar-refractivity contribution in [1.29, 1.82) is 0 Å². The predicted molar refractivity (Wildman–Crippen MR) is 151 cm³/mol. The molecule has 3 N–H and O–H groups in total. The zero-order chi connectivity index (χ0) is 26.7. The summed E-state index contributed by atoms with van der Waals surface area (Å²) in [5.74, 6) is 1.32.